The molecule has 0 aromatic heterocycles. The number of thioether (sulfide) groups is 1. The van der Waals surface area contributed by atoms with E-state index in [2.05, 4.69) is 5.32 Å². The van der Waals surface area contributed by atoms with Crippen LogP contribution in [0, 0.1) is 10.1 Å². The third-order valence-corrected chi connectivity index (χ3v) is 5.78. The number of hydrogen-bond acceptors (Lipinski definition) is 5. The normalized spacial score (nSPS) is 12.1. The number of carbonyl (C=O) groups excluding carboxylic acids is 2. The Hall–Kier alpha value is -2.87. The summed E-state index contributed by atoms with van der Waals surface area (Å²) in [6.45, 7) is 7.93. The van der Waals surface area contributed by atoms with Crippen molar-refractivity contribution in [1.82, 2.24) is 10.2 Å². The number of nitrogens with zero attached hydrogens (tertiary/aromatic N) is 2. The fourth-order valence-corrected chi connectivity index (χ4v) is 3.97. The van der Waals surface area contributed by atoms with Crippen molar-refractivity contribution < 1.29 is 14.5 Å². The average molecular weight is 458 g/mol. The predicted molar refractivity (Wildman–Crippen MR) is 128 cm³/mol. The van der Waals surface area contributed by atoms with Crippen molar-refractivity contribution in [3.05, 3.63) is 75.8 Å². The van der Waals surface area contributed by atoms with Crippen LogP contribution in [0.2, 0.25) is 0 Å². The van der Waals surface area contributed by atoms with E-state index in [0.717, 1.165) is 11.1 Å². The van der Waals surface area contributed by atoms with Crippen LogP contribution in [0.1, 0.15) is 38.8 Å². The third-order valence-electron chi connectivity index (χ3n) is 4.79. The van der Waals surface area contributed by atoms with Gasteiger partial charge in [0, 0.05) is 30.0 Å². The summed E-state index contributed by atoms with van der Waals surface area (Å²) in [6, 6.07) is 15.6. The van der Waals surface area contributed by atoms with E-state index in [1.165, 1.54) is 23.9 Å². The number of amides is 2. The highest BCUT2D eigenvalue weighted by Gasteiger charge is 2.27. The molecule has 0 heterocycles. The van der Waals surface area contributed by atoms with Crippen LogP contribution in [0.3, 0.4) is 0 Å². The SMILES string of the molecule is C[C@H](C(=O)NC(C)(C)C)N(CCc1ccccc1)C(=O)CSCc1ccc([N+](=O)[O-])cc1. The van der Waals surface area contributed by atoms with Gasteiger partial charge in [0.1, 0.15) is 6.04 Å². The molecule has 1 atom stereocenters. The quantitative estimate of drug-likeness (QED) is 0.426. The van der Waals surface area contributed by atoms with Gasteiger partial charge in [-0.3, -0.25) is 19.7 Å². The minimum absolute atomic E-state index is 0.0422. The Morgan fingerprint density at radius 3 is 2.25 bits per heavy atom. The summed E-state index contributed by atoms with van der Waals surface area (Å²) in [7, 11) is 0. The Bertz CT molecular complexity index is 911. The molecule has 0 spiro atoms. The molecule has 8 heteroatoms. The van der Waals surface area contributed by atoms with E-state index in [1.54, 1.807) is 24.0 Å². The van der Waals surface area contributed by atoms with Gasteiger partial charge in [0.05, 0.1) is 10.7 Å². The fourth-order valence-electron chi connectivity index (χ4n) is 3.10. The molecular formula is C24H31N3O4S. The maximum atomic E-state index is 13.0. The lowest BCUT2D eigenvalue weighted by atomic mass is 10.1. The number of nitro groups is 1. The minimum Gasteiger partial charge on any atom is -0.350 e. The maximum Gasteiger partial charge on any atom is 0.269 e. The molecule has 2 amide bonds. The molecule has 0 fully saturated rings. The zero-order valence-electron chi connectivity index (χ0n) is 19.0. The van der Waals surface area contributed by atoms with Crippen LogP contribution in [-0.2, 0) is 21.8 Å². The van der Waals surface area contributed by atoms with Crippen LogP contribution in [0.5, 0.6) is 0 Å². The molecule has 0 saturated carbocycles. The average Bonchev–Trinajstić information content (AvgIpc) is 2.73. The van der Waals surface area contributed by atoms with Gasteiger partial charge in [0.2, 0.25) is 11.8 Å². The maximum absolute atomic E-state index is 13.0. The summed E-state index contributed by atoms with van der Waals surface area (Å²) >= 11 is 1.43. The van der Waals surface area contributed by atoms with E-state index in [4.69, 9.17) is 0 Å². The van der Waals surface area contributed by atoms with Gasteiger partial charge < -0.3 is 10.2 Å². The monoisotopic (exact) mass is 457 g/mol. The molecule has 0 unspecified atom stereocenters. The second-order valence-electron chi connectivity index (χ2n) is 8.65. The highest BCUT2D eigenvalue weighted by atomic mass is 32.2. The van der Waals surface area contributed by atoms with E-state index in [9.17, 15) is 19.7 Å². The number of nitrogens with one attached hydrogen (secondary N) is 1. The van der Waals surface area contributed by atoms with Crippen LogP contribution in [0.25, 0.3) is 0 Å². The highest BCUT2D eigenvalue weighted by Crippen LogP contribution is 2.18. The first-order valence-corrected chi connectivity index (χ1v) is 11.7. The van der Waals surface area contributed by atoms with E-state index in [0.29, 0.717) is 18.7 Å². The second-order valence-corrected chi connectivity index (χ2v) is 9.64. The van der Waals surface area contributed by atoms with Crippen LogP contribution in [0.15, 0.2) is 54.6 Å². The summed E-state index contributed by atoms with van der Waals surface area (Å²) in [4.78, 5) is 37.8. The Kier molecular flexibility index (Phi) is 9.26. The Morgan fingerprint density at radius 1 is 1.06 bits per heavy atom. The van der Waals surface area contributed by atoms with Crippen molar-refractivity contribution in [2.75, 3.05) is 12.3 Å². The van der Waals surface area contributed by atoms with Crippen LogP contribution in [0.4, 0.5) is 5.69 Å². The van der Waals surface area contributed by atoms with Gasteiger partial charge in [-0.15, -0.1) is 11.8 Å². The Morgan fingerprint density at radius 2 is 1.69 bits per heavy atom. The Labute approximate surface area is 193 Å². The molecule has 0 aliphatic rings. The van der Waals surface area contributed by atoms with Crippen LogP contribution in [-0.4, -0.2) is 45.5 Å². The lowest BCUT2D eigenvalue weighted by Crippen LogP contribution is -2.53. The zero-order valence-corrected chi connectivity index (χ0v) is 19.9. The molecule has 0 aliphatic carbocycles. The van der Waals surface area contributed by atoms with E-state index in [1.807, 2.05) is 51.1 Å². The molecular weight excluding hydrogens is 426 g/mol. The summed E-state index contributed by atoms with van der Waals surface area (Å²) in [5.74, 6) is 0.487. The molecule has 1 N–H and O–H groups in total. The number of benzene rings is 2. The zero-order chi connectivity index (χ0) is 23.7. The van der Waals surface area contributed by atoms with E-state index >= 15 is 0 Å². The number of non-ortho nitro benzene ring substituents is 1. The molecule has 32 heavy (non-hydrogen) atoms. The van der Waals surface area contributed by atoms with Crippen molar-refractivity contribution in [2.45, 2.75) is 51.4 Å². The molecule has 2 rings (SSSR count). The van der Waals surface area contributed by atoms with Gasteiger partial charge in [-0.05, 0) is 45.2 Å². The molecule has 2 aromatic rings. The molecule has 0 saturated heterocycles. The number of carbonyl (C=O) groups is 2. The second kappa shape index (κ2) is 11.7. The van der Waals surface area contributed by atoms with Crippen molar-refractivity contribution in [1.29, 1.82) is 0 Å². The number of hydrogen-bond donors (Lipinski definition) is 1. The molecule has 0 radical (unpaired) electrons. The van der Waals surface area contributed by atoms with Gasteiger partial charge in [-0.1, -0.05) is 42.5 Å². The van der Waals surface area contributed by atoms with Gasteiger partial charge >= 0.3 is 0 Å². The standard InChI is InChI=1S/C24H31N3O4S/c1-18(23(29)25-24(2,3)4)26(15-14-19-8-6-5-7-9-19)22(28)17-32-16-20-10-12-21(13-11-20)27(30)31/h5-13,18H,14-17H2,1-4H3,(H,25,29)/t18-/m1/s1. The van der Waals surface area contributed by atoms with Crippen molar-refractivity contribution in [3.63, 3.8) is 0 Å². The van der Waals surface area contributed by atoms with Crippen molar-refractivity contribution >= 4 is 29.3 Å². The Balaban J connectivity index is 2.01. The molecule has 0 bridgehead atoms. The van der Waals surface area contributed by atoms with Crippen LogP contribution >= 0.6 is 11.8 Å². The first-order valence-electron chi connectivity index (χ1n) is 10.5. The topological polar surface area (TPSA) is 92.6 Å². The molecule has 7 nitrogen and oxygen atoms in total. The van der Waals surface area contributed by atoms with E-state index < -0.39 is 11.0 Å². The summed E-state index contributed by atoms with van der Waals surface area (Å²) in [5, 5.41) is 13.7. The largest absolute Gasteiger partial charge is 0.350 e. The summed E-state index contributed by atoms with van der Waals surface area (Å²) < 4.78 is 0. The molecule has 2 aromatic carbocycles. The molecule has 0 aliphatic heterocycles. The summed E-state index contributed by atoms with van der Waals surface area (Å²) in [6.07, 6.45) is 0.659. The predicted octanol–water partition coefficient (Wildman–Crippen LogP) is 4.20. The summed E-state index contributed by atoms with van der Waals surface area (Å²) in [5.41, 5.74) is 1.67. The first-order chi connectivity index (χ1) is 15.1. The van der Waals surface area contributed by atoms with Gasteiger partial charge in [0.15, 0.2) is 0 Å². The number of rotatable bonds is 10. The third kappa shape index (κ3) is 8.34. The smallest absolute Gasteiger partial charge is 0.269 e. The lowest BCUT2D eigenvalue weighted by molar-refractivity contribution is -0.384. The first kappa shape index (κ1) is 25.4. The molecule has 172 valence electrons. The van der Waals surface area contributed by atoms with Crippen molar-refractivity contribution in [3.8, 4) is 0 Å². The number of nitro benzene ring substituents is 1. The lowest BCUT2D eigenvalue weighted by Gasteiger charge is -2.31. The highest BCUT2D eigenvalue weighted by molar-refractivity contribution is 7.99. The minimum atomic E-state index is -0.592. The van der Waals surface area contributed by atoms with Gasteiger partial charge in [0.25, 0.3) is 5.69 Å². The van der Waals surface area contributed by atoms with Gasteiger partial charge in [-0.25, -0.2) is 0 Å². The van der Waals surface area contributed by atoms with Crippen LogP contribution < -0.4 is 5.32 Å². The van der Waals surface area contributed by atoms with Crippen molar-refractivity contribution in [2.24, 2.45) is 0 Å². The van der Waals surface area contributed by atoms with Gasteiger partial charge in [-0.2, -0.15) is 0 Å². The fraction of sp³-hybridized carbons (Fsp3) is 0.417. The van der Waals surface area contributed by atoms with E-state index in [-0.39, 0.29) is 28.8 Å².